The highest BCUT2D eigenvalue weighted by molar-refractivity contribution is 5.83. The maximum atomic E-state index is 9.75. The number of carboxylic acid groups (broad SMARTS) is 1. The molecule has 1 heterocycles. The van der Waals surface area contributed by atoms with Gasteiger partial charge in [-0.3, -0.25) is 4.98 Å². The Morgan fingerprint density at radius 2 is 1.95 bits per heavy atom. The van der Waals surface area contributed by atoms with Crippen LogP contribution in [0.4, 0.5) is 0 Å². The van der Waals surface area contributed by atoms with Gasteiger partial charge in [0.15, 0.2) is 0 Å². The van der Waals surface area contributed by atoms with Crippen molar-refractivity contribution in [3.05, 3.63) is 60.8 Å². The minimum absolute atomic E-state index is 0.239. The van der Waals surface area contributed by atoms with Gasteiger partial charge in [0, 0.05) is 17.7 Å². The van der Waals surface area contributed by atoms with Crippen LogP contribution in [0.15, 0.2) is 60.8 Å². The van der Waals surface area contributed by atoms with Crippen molar-refractivity contribution in [1.82, 2.24) is 4.98 Å². The molecule has 0 aliphatic carbocycles. The molecule has 0 aliphatic rings. The third-order valence-corrected chi connectivity index (χ3v) is 2.15. The number of benzene rings is 1. The standard InChI is InChI=1S/C9H7NO.C6H8O2/c11-8-5-1-3-7-4-2-6-10-9(7)8;1-2-3-4-5-6(7)8/h1-6,11H;2-5H,1H3,(H,7,8)/b;3-2+,5-4+. The van der Waals surface area contributed by atoms with Crippen molar-refractivity contribution in [2.75, 3.05) is 0 Å². The average Bonchev–Trinajstić information content (AvgIpc) is 2.40. The molecule has 1 aromatic carbocycles. The number of hydrogen-bond acceptors (Lipinski definition) is 3. The van der Waals surface area contributed by atoms with Crippen LogP contribution in [-0.2, 0) is 4.79 Å². The van der Waals surface area contributed by atoms with Crippen LogP contribution < -0.4 is 0 Å². The van der Waals surface area contributed by atoms with E-state index < -0.39 is 5.97 Å². The molecule has 0 saturated carbocycles. The lowest BCUT2D eigenvalue weighted by molar-refractivity contribution is -0.131. The fourth-order valence-corrected chi connectivity index (χ4v) is 1.34. The molecule has 2 N–H and O–H groups in total. The molecule has 0 aliphatic heterocycles. The molecule has 0 spiro atoms. The molecule has 0 radical (unpaired) electrons. The van der Waals surface area contributed by atoms with Gasteiger partial charge in [-0.1, -0.05) is 36.4 Å². The summed E-state index contributed by atoms with van der Waals surface area (Å²) < 4.78 is 0. The van der Waals surface area contributed by atoms with Crippen molar-refractivity contribution in [2.24, 2.45) is 0 Å². The first-order chi connectivity index (χ1) is 9.15. The third-order valence-electron chi connectivity index (χ3n) is 2.15. The van der Waals surface area contributed by atoms with Crippen LogP contribution in [0.1, 0.15) is 6.92 Å². The number of aromatic nitrogens is 1. The van der Waals surface area contributed by atoms with E-state index in [1.165, 1.54) is 6.08 Å². The maximum Gasteiger partial charge on any atom is 0.328 e. The predicted molar refractivity (Wildman–Crippen MR) is 75.0 cm³/mol. The van der Waals surface area contributed by atoms with Gasteiger partial charge in [-0.05, 0) is 19.1 Å². The van der Waals surface area contributed by atoms with Gasteiger partial charge in [0.05, 0.1) is 0 Å². The number of rotatable bonds is 2. The van der Waals surface area contributed by atoms with Gasteiger partial charge < -0.3 is 10.2 Å². The number of para-hydroxylation sites is 1. The smallest absolute Gasteiger partial charge is 0.328 e. The first kappa shape index (κ1) is 14.4. The SMILES string of the molecule is C/C=C/C=C/C(=O)O.Oc1cccc2cccnc12. The lowest BCUT2D eigenvalue weighted by Crippen LogP contribution is -1.83. The molecule has 0 unspecified atom stereocenters. The Hall–Kier alpha value is -2.62. The number of nitrogens with zero attached hydrogens (tertiary/aromatic N) is 1. The van der Waals surface area contributed by atoms with Crippen LogP contribution >= 0.6 is 0 Å². The average molecular weight is 257 g/mol. The predicted octanol–water partition coefficient (Wildman–Crippen LogP) is 3.14. The first-order valence-electron chi connectivity index (χ1n) is 5.70. The van der Waals surface area contributed by atoms with E-state index >= 15 is 0 Å². The van der Waals surface area contributed by atoms with Crippen molar-refractivity contribution in [3.8, 4) is 5.75 Å². The minimum atomic E-state index is -0.914. The van der Waals surface area contributed by atoms with Gasteiger partial charge >= 0.3 is 5.97 Å². The van der Waals surface area contributed by atoms with E-state index in [2.05, 4.69) is 4.98 Å². The van der Waals surface area contributed by atoms with Gasteiger partial charge in [0.2, 0.25) is 0 Å². The zero-order valence-electron chi connectivity index (χ0n) is 10.5. The second-order valence-corrected chi connectivity index (χ2v) is 3.58. The summed E-state index contributed by atoms with van der Waals surface area (Å²) >= 11 is 0. The number of hydrogen-bond donors (Lipinski definition) is 2. The van der Waals surface area contributed by atoms with Crippen LogP contribution in [0.3, 0.4) is 0 Å². The Morgan fingerprint density at radius 1 is 1.21 bits per heavy atom. The molecule has 4 nitrogen and oxygen atoms in total. The summed E-state index contributed by atoms with van der Waals surface area (Å²) in [5.41, 5.74) is 0.662. The fraction of sp³-hybridized carbons (Fsp3) is 0.0667. The van der Waals surface area contributed by atoms with Crippen molar-refractivity contribution in [2.45, 2.75) is 6.92 Å². The molecular formula is C15H15NO3. The number of fused-ring (bicyclic) bond motifs is 1. The van der Waals surface area contributed by atoms with Crippen LogP contribution in [0.25, 0.3) is 10.9 Å². The quantitative estimate of drug-likeness (QED) is 0.640. The van der Waals surface area contributed by atoms with Gasteiger partial charge in [0.25, 0.3) is 0 Å². The Balaban J connectivity index is 0.000000203. The summed E-state index contributed by atoms with van der Waals surface area (Å²) in [5.74, 6) is -0.675. The van der Waals surface area contributed by atoms with Crippen molar-refractivity contribution in [1.29, 1.82) is 0 Å². The fourth-order valence-electron chi connectivity index (χ4n) is 1.34. The molecule has 0 atom stereocenters. The Bertz CT molecular complexity index is 598. The highest BCUT2D eigenvalue weighted by atomic mass is 16.4. The number of allylic oxidation sites excluding steroid dienone is 3. The molecule has 0 bridgehead atoms. The molecule has 0 fully saturated rings. The first-order valence-corrected chi connectivity index (χ1v) is 5.70. The van der Waals surface area contributed by atoms with E-state index in [9.17, 15) is 9.90 Å². The van der Waals surface area contributed by atoms with Crippen LogP contribution in [-0.4, -0.2) is 21.2 Å². The van der Waals surface area contributed by atoms with Gasteiger partial charge in [-0.15, -0.1) is 0 Å². The number of carbonyl (C=O) groups is 1. The van der Waals surface area contributed by atoms with E-state index in [4.69, 9.17) is 5.11 Å². The Morgan fingerprint density at radius 3 is 2.58 bits per heavy atom. The largest absolute Gasteiger partial charge is 0.506 e. The molecule has 4 heteroatoms. The molecule has 0 amide bonds. The summed E-state index contributed by atoms with van der Waals surface area (Å²) in [6.07, 6.45) is 7.65. The maximum absolute atomic E-state index is 9.75. The lowest BCUT2D eigenvalue weighted by Gasteiger charge is -1.96. The minimum Gasteiger partial charge on any atom is -0.506 e. The van der Waals surface area contributed by atoms with Gasteiger partial charge in [-0.2, -0.15) is 0 Å². The normalized spacial score (nSPS) is 10.6. The number of phenols is 1. The van der Waals surface area contributed by atoms with E-state index in [1.54, 1.807) is 30.5 Å². The second-order valence-electron chi connectivity index (χ2n) is 3.58. The number of phenolic OH excluding ortho intramolecular Hbond substituents is 1. The zero-order chi connectivity index (χ0) is 14.1. The summed E-state index contributed by atoms with van der Waals surface area (Å²) in [6, 6.07) is 9.13. The van der Waals surface area contributed by atoms with Crippen LogP contribution in [0.5, 0.6) is 5.75 Å². The summed E-state index contributed by atoms with van der Waals surface area (Å²) in [6.45, 7) is 1.83. The highest BCUT2D eigenvalue weighted by Crippen LogP contribution is 2.20. The van der Waals surface area contributed by atoms with Gasteiger partial charge in [0.1, 0.15) is 11.3 Å². The molecule has 98 valence electrons. The number of aliphatic carboxylic acids is 1. The molecule has 0 saturated heterocycles. The molecule has 2 rings (SSSR count). The molecular weight excluding hydrogens is 242 g/mol. The van der Waals surface area contributed by atoms with Crippen molar-refractivity contribution in [3.63, 3.8) is 0 Å². The molecule has 19 heavy (non-hydrogen) atoms. The third kappa shape index (κ3) is 5.04. The monoisotopic (exact) mass is 257 g/mol. The van der Waals surface area contributed by atoms with Crippen molar-refractivity contribution >= 4 is 16.9 Å². The molecule has 2 aromatic rings. The topological polar surface area (TPSA) is 70.4 Å². The van der Waals surface area contributed by atoms with Crippen molar-refractivity contribution < 1.29 is 15.0 Å². The lowest BCUT2D eigenvalue weighted by atomic mass is 10.2. The highest BCUT2D eigenvalue weighted by Gasteiger charge is 1.96. The Labute approximate surface area is 111 Å². The van der Waals surface area contributed by atoms with Gasteiger partial charge in [-0.25, -0.2) is 4.79 Å². The van der Waals surface area contributed by atoms with Crippen LogP contribution in [0.2, 0.25) is 0 Å². The van der Waals surface area contributed by atoms with Crippen LogP contribution in [0, 0.1) is 0 Å². The summed E-state index contributed by atoms with van der Waals surface area (Å²) in [7, 11) is 0. The van der Waals surface area contributed by atoms with E-state index in [-0.39, 0.29) is 5.75 Å². The van der Waals surface area contributed by atoms with E-state index in [0.29, 0.717) is 5.52 Å². The molecule has 1 aromatic heterocycles. The summed E-state index contributed by atoms with van der Waals surface area (Å²) in [4.78, 5) is 13.8. The zero-order valence-corrected chi connectivity index (χ0v) is 10.5. The van der Waals surface area contributed by atoms with E-state index in [0.717, 1.165) is 11.5 Å². The second kappa shape index (κ2) is 7.66. The van der Waals surface area contributed by atoms with E-state index in [1.807, 2.05) is 25.1 Å². The number of aromatic hydroxyl groups is 1. The number of pyridine rings is 1. The summed E-state index contributed by atoms with van der Waals surface area (Å²) in [5, 5.41) is 18.3. The number of carboxylic acids is 1. The Kier molecular flexibility index (Phi) is 5.82.